The average molecular weight is 290 g/mol. The second-order valence-electron chi connectivity index (χ2n) is 6.86. The zero-order valence-corrected chi connectivity index (χ0v) is 14.2. The first-order valence-corrected chi connectivity index (χ1v) is 8.13. The first kappa shape index (κ1) is 16.2. The van der Waals surface area contributed by atoms with Crippen LogP contribution in [0.2, 0.25) is 0 Å². The van der Waals surface area contributed by atoms with Crippen LogP contribution in [-0.2, 0) is 0 Å². The molecule has 1 unspecified atom stereocenters. The van der Waals surface area contributed by atoms with Crippen LogP contribution < -0.4 is 15.0 Å². The Hall–Kier alpha value is -1.22. The van der Waals surface area contributed by atoms with Crippen molar-refractivity contribution in [2.75, 3.05) is 31.6 Å². The van der Waals surface area contributed by atoms with Crippen molar-refractivity contribution in [3.63, 3.8) is 0 Å². The molecule has 0 amide bonds. The van der Waals surface area contributed by atoms with Gasteiger partial charge in [-0.3, -0.25) is 0 Å². The van der Waals surface area contributed by atoms with E-state index in [0.717, 1.165) is 25.4 Å². The Morgan fingerprint density at radius 1 is 1.38 bits per heavy atom. The molecule has 1 aliphatic heterocycles. The number of benzene rings is 1. The zero-order chi connectivity index (χ0) is 15.5. The largest absolute Gasteiger partial charge is 0.496 e. The van der Waals surface area contributed by atoms with Crippen LogP contribution in [-0.4, -0.2) is 26.7 Å². The number of nitrogens with zero attached hydrogens (tertiary/aromatic N) is 1. The topological polar surface area (TPSA) is 24.5 Å². The lowest BCUT2D eigenvalue weighted by molar-refractivity contribution is 0.292. The number of anilines is 1. The van der Waals surface area contributed by atoms with Gasteiger partial charge in [0.25, 0.3) is 0 Å². The van der Waals surface area contributed by atoms with E-state index < -0.39 is 0 Å². The van der Waals surface area contributed by atoms with Crippen molar-refractivity contribution >= 4 is 5.69 Å². The van der Waals surface area contributed by atoms with Gasteiger partial charge in [-0.1, -0.05) is 26.8 Å². The quantitative estimate of drug-likeness (QED) is 0.887. The molecule has 1 heterocycles. The molecule has 21 heavy (non-hydrogen) atoms. The number of hydrogen-bond donors (Lipinski definition) is 1. The normalized spacial score (nSPS) is 19.4. The summed E-state index contributed by atoms with van der Waals surface area (Å²) in [6.07, 6.45) is 2.57. The van der Waals surface area contributed by atoms with Crippen LogP contribution in [0.25, 0.3) is 0 Å². The van der Waals surface area contributed by atoms with E-state index in [0.29, 0.717) is 11.5 Å². The maximum Gasteiger partial charge on any atom is 0.125 e. The molecule has 0 spiro atoms. The van der Waals surface area contributed by atoms with Gasteiger partial charge >= 0.3 is 0 Å². The first-order chi connectivity index (χ1) is 9.98. The number of nitrogens with one attached hydrogen (secondary N) is 1. The third kappa shape index (κ3) is 3.70. The van der Waals surface area contributed by atoms with Gasteiger partial charge in [-0.15, -0.1) is 0 Å². The Kier molecular flexibility index (Phi) is 5.15. The predicted molar refractivity (Wildman–Crippen MR) is 90.3 cm³/mol. The van der Waals surface area contributed by atoms with Crippen molar-refractivity contribution in [2.24, 2.45) is 5.41 Å². The van der Waals surface area contributed by atoms with Gasteiger partial charge in [-0.05, 0) is 43.9 Å². The zero-order valence-electron chi connectivity index (χ0n) is 14.2. The van der Waals surface area contributed by atoms with E-state index in [4.69, 9.17) is 4.74 Å². The highest BCUT2D eigenvalue weighted by Crippen LogP contribution is 2.38. The molecular weight excluding hydrogens is 260 g/mol. The van der Waals surface area contributed by atoms with Crippen molar-refractivity contribution in [3.05, 3.63) is 23.8 Å². The van der Waals surface area contributed by atoms with Crippen molar-refractivity contribution in [1.82, 2.24) is 5.32 Å². The Balaban J connectivity index is 2.38. The fraction of sp³-hybridized carbons (Fsp3) is 0.667. The van der Waals surface area contributed by atoms with E-state index in [-0.39, 0.29) is 0 Å². The van der Waals surface area contributed by atoms with E-state index >= 15 is 0 Å². The molecule has 3 heteroatoms. The third-order valence-corrected chi connectivity index (χ3v) is 4.45. The van der Waals surface area contributed by atoms with Gasteiger partial charge in [-0.25, -0.2) is 0 Å². The number of ether oxygens (including phenoxy) is 1. The Morgan fingerprint density at radius 3 is 2.76 bits per heavy atom. The van der Waals surface area contributed by atoms with Crippen LogP contribution in [0.15, 0.2) is 18.2 Å². The predicted octanol–water partition coefficient (Wildman–Crippen LogP) is 3.99. The van der Waals surface area contributed by atoms with Crippen molar-refractivity contribution < 1.29 is 4.74 Å². The molecule has 1 saturated heterocycles. The lowest BCUT2D eigenvalue weighted by atomic mass is 9.83. The fourth-order valence-electron chi connectivity index (χ4n) is 3.46. The van der Waals surface area contributed by atoms with Gasteiger partial charge in [0.1, 0.15) is 5.75 Å². The molecule has 0 aliphatic carbocycles. The first-order valence-electron chi connectivity index (χ1n) is 8.13. The molecule has 1 atom stereocenters. The summed E-state index contributed by atoms with van der Waals surface area (Å²) >= 11 is 0. The summed E-state index contributed by atoms with van der Waals surface area (Å²) in [5.74, 6) is 0.990. The van der Waals surface area contributed by atoms with Crippen LogP contribution in [0.1, 0.15) is 52.1 Å². The van der Waals surface area contributed by atoms with E-state index in [1.807, 2.05) is 0 Å². The summed E-state index contributed by atoms with van der Waals surface area (Å²) in [7, 11) is 1.77. The van der Waals surface area contributed by atoms with Crippen molar-refractivity contribution in [2.45, 2.75) is 46.6 Å². The highest BCUT2D eigenvalue weighted by atomic mass is 16.5. The minimum atomic E-state index is 0.297. The molecule has 1 N–H and O–H groups in total. The van der Waals surface area contributed by atoms with Gasteiger partial charge < -0.3 is 15.0 Å². The summed E-state index contributed by atoms with van der Waals surface area (Å²) in [4.78, 5) is 2.54. The smallest absolute Gasteiger partial charge is 0.125 e. The highest BCUT2D eigenvalue weighted by Gasteiger charge is 2.29. The van der Waals surface area contributed by atoms with E-state index in [1.165, 1.54) is 24.1 Å². The lowest BCUT2D eigenvalue weighted by Gasteiger charge is -2.41. The Morgan fingerprint density at radius 2 is 2.14 bits per heavy atom. The number of methoxy groups -OCH3 is 1. The van der Waals surface area contributed by atoms with Crippen LogP contribution in [0.5, 0.6) is 5.75 Å². The molecular formula is C18H30N2O. The van der Waals surface area contributed by atoms with E-state index in [2.05, 4.69) is 56.1 Å². The van der Waals surface area contributed by atoms with Crippen LogP contribution in [0.3, 0.4) is 0 Å². The van der Waals surface area contributed by atoms with E-state index in [9.17, 15) is 0 Å². The second-order valence-corrected chi connectivity index (χ2v) is 6.86. The molecule has 1 aromatic carbocycles. The lowest BCUT2D eigenvalue weighted by Crippen LogP contribution is -2.41. The molecule has 0 bridgehead atoms. The second kappa shape index (κ2) is 6.69. The minimum Gasteiger partial charge on any atom is -0.496 e. The van der Waals surface area contributed by atoms with Gasteiger partial charge in [0.2, 0.25) is 0 Å². The van der Waals surface area contributed by atoms with Gasteiger partial charge in [0, 0.05) is 30.4 Å². The van der Waals surface area contributed by atoms with Crippen LogP contribution in [0, 0.1) is 5.41 Å². The molecule has 2 rings (SSSR count). The van der Waals surface area contributed by atoms with Crippen molar-refractivity contribution in [1.29, 1.82) is 0 Å². The van der Waals surface area contributed by atoms with Crippen molar-refractivity contribution in [3.8, 4) is 5.75 Å². The Bertz CT molecular complexity index is 470. The Labute approximate surface area is 129 Å². The summed E-state index contributed by atoms with van der Waals surface area (Å²) < 4.78 is 5.63. The molecule has 1 aromatic rings. The molecule has 118 valence electrons. The maximum absolute atomic E-state index is 5.63. The third-order valence-electron chi connectivity index (χ3n) is 4.45. The standard InChI is InChI=1S/C18H30N2O/c1-6-19-14(2)17-15(9-7-10-16(17)21-5)20-12-8-11-18(3,4)13-20/h7,9-10,14,19H,6,8,11-13H2,1-5H3. The van der Waals surface area contributed by atoms with Gasteiger partial charge in [-0.2, -0.15) is 0 Å². The number of rotatable bonds is 5. The summed E-state index contributed by atoms with van der Waals surface area (Å²) in [5, 5.41) is 3.53. The maximum atomic E-state index is 5.63. The molecule has 0 aromatic heterocycles. The summed E-state index contributed by atoms with van der Waals surface area (Å²) in [5.41, 5.74) is 3.01. The van der Waals surface area contributed by atoms with Gasteiger partial charge in [0.05, 0.1) is 7.11 Å². The minimum absolute atomic E-state index is 0.297. The summed E-state index contributed by atoms with van der Waals surface area (Å²) in [6.45, 7) is 12.3. The molecule has 1 aliphatic rings. The van der Waals surface area contributed by atoms with Gasteiger partial charge in [0.15, 0.2) is 0 Å². The molecule has 0 saturated carbocycles. The van der Waals surface area contributed by atoms with E-state index in [1.54, 1.807) is 7.11 Å². The van der Waals surface area contributed by atoms with Crippen LogP contribution in [0.4, 0.5) is 5.69 Å². The molecule has 1 fully saturated rings. The fourth-order valence-corrected chi connectivity index (χ4v) is 3.46. The van der Waals surface area contributed by atoms with Crippen LogP contribution >= 0.6 is 0 Å². The SMILES string of the molecule is CCNC(C)c1c(OC)cccc1N1CCCC(C)(C)C1. The summed E-state index contributed by atoms with van der Waals surface area (Å²) in [6, 6.07) is 6.72. The molecule has 0 radical (unpaired) electrons. The number of hydrogen-bond acceptors (Lipinski definition) is 3. The average Bonchev–Trinajstić information content (AvgIpc) is 2.45. The monoisotopic (exact) mass is 290 g/mol. The molecule has 3 nitrogen and oxygen atoms in total. The highest BCUT2D eigenvalue weighted by molar-refractivity contribution is 5.61. The number of piperidine rings is 1.